The van der Waals surface area contributed by atoms with Gasteiger partial charge in [-0.15, -0.1) is 5.10 Å². The van der Waals surface area contributed by atoms with Crippen LogP contribution >= 0.6 is 0 Å². The molecule has 132 valence electrons. The number of nitrogens with zero attached hydrogens (tertiary/aromatic N) is 3. The van der Waals surface area contributed by atoms with Crippen molar-refractivity contribution in [1.29, 1.82) is 0 Å². The smallest absolute Gasteiger partial charge is 0.131 e. The van der Waals surface area contributed by atoms with Crippen molar-refractivity contribution in [1.82, 2.24) is 15.2 Å². The summed E-state index contributed by atoms with van der Waals surface area (Å²) in [6.07, 6.45) is 1.02. The molecule has 0 radical (unpaired) electrons. The predicted octanol–water partition coefficient (Wildman–Crippen LogP) is 4.76. The maximum absolute atomic E-state index is 10.4. The van der Waals surface area contributed by atoms with Gasteiger partial charge in [0.1, 0.15) is 16.8 Å². The van der Waals surface area contributed by atoms with Crippen LogP contribution in [0, 0.1) is 5.41 Å². The Balaban J connectivity index is 2.14. The van der Waals surface area contributed by atoms with E-state index in [0.717, 1.165) is 22.4 Å². The molecule has 3 rings (SSSR count). The fraction of sp³-hybridized carbons (Fsp3) is 0.400. The number of aromatic nitrogens is 3. The molecule has 2 aromatic carbocycles. The second kappa shape index (κ2) is 5.76. The molecule has 0 bridgehead atoms. The van der Waals surface area contributed by atoms with Gasteiger partial charge in [0.05, 0.1) is 0 Å². The molecule has 3 aromatic rings. The standard InChI is InChI=1S/C20H25N3O2/c1-19(2,3)12-20(4,5)13-9-10-17(24)15(11-13)14-7-6-8-16-18(14)21-22-23(16)25/h6-11,24-25H,12H2,1-5H3. The highest BCUT2D eigenvalue weighted by Gasteiger charge is 2.28. The highest BCUT2D eigenvalue weighted by molar-refractivity contribution is 5.93. The van der Waals surface area contributed by atoms with Gasteiger partial charge in [-0.1, -0.05) is 57.7 Å². The van der Waals surface area contributed by atoms with Crippen molar-refractivity contribution in [3.63, 3.8) is 0 Å². The molecule has 25 heavy (non-hydrogen) atoms. The molecule has 1 heterocycles. The molecule has 0 aliphatic carbocycles. The predicted molar refractivity (Wildman–Crippen MR) is 98.9 cm³/mol. The highest BCUT2D eigenvalue weighted by Crippen LogP contribution is 2.40. The lowest BCUT2D eigenvalue weighted by atomic mass is 9.72. The summed E-state index contributed by atoms with van der Waals surface area (Å²) in [5.41, 5.74) is 3.84. The zero-order valence-electron chi connectivity index (χ0n) is 15.4. The van der Waals surface area contributed by atoms with Crippen LogP contribution in [0.4, 0.5) is 0 Å². The van der Waals surface area contributed by atoms with Gasteiger partial charge in [0, 0.05) is 11.1 Å². The van der Waals surface area contributed by atoms with E-state index in [0.29, 0.717) is 16.6 Å². The van der Waals surface area contributed by atoms with Gasteiger partial charge in [-0.2, -0.15) is 0 Å². The average Bonchev–Trinajstić information content (AvgIpc) is 2.87. The molecule has 0 atom stereocenters. The Hall–Kier alpha value is -2.56. The quantitative estimate of drug-likeness (QED) is 0.675. The fourth-order valence-corrected chi connectivity index (χ4v) is 3.75. The SMILES string of the molecule is CC(C)(C)CC(C)(C)c1ccc(O)c(-c2cccc3c2nnn3O)c1. The van der Waals surface area contributed by atoms with Crippen LogP contribution in [0.15, 0.2) is 36.4 Å². The minimum atomic E-state index is -0.0385. The molecule has 0 saturated heterocycles. The third-order valence-electron chi connectivity index (χ3n) is 4.50. The van der Waals surface area contributed by atoms with Gasteiger partial charge in [0.15, 0.2) is 0 Å². The summed E-state index contributed by atoms with van der Waals surface area (Å²) >= 11 is 0. The van der Waals surface area contributed by atoms with Crippen LogP contribution in [-0.2, 0) is 5.41 Å². The maximum atomic E-state index is 10.4. The lowest BCUT2D eigenvalue weighted by molar-refractivity contribution is 0.155. The van der Waals surface area contributed by atoms with Gasteiger partial charge in [-0.25, -0.2) is 0 Å². The molecule has 0 fully saturated rings. The average molecular weight is 339 g/mol. The van der Waals surface area contributed by atoms with E-state index in [9.17, 15) is 10.3 Å². The molecule has 0 aliphatic rings. The lowest BCUT2D eigenvalue weighted by Crippen LogP contribution is -2.24. The number of phenols is 1. The first kappa shape index (κ1) is 17.3. The molecule has 1 aromatic heterocycles. The number of hydrogen-bond donors (Lipinski definition) is 2. The summed E-state index contributed by atoms with van der Waals surface area (Å²) in [5.74, 6) is 0.190. The van der Waals surface area contributed by atoms with Crippen LogP contribution in [0.3, 0.4) is 0 Å². The first-order valence-electron chi connectivity index (χ1n) is 8.46. The number of hydrogen-bond acceptors (Lipinski definition) is 4. The van der Waals surface area contributed by atoms with Crippen molar-refractivity contribution in [2.24, 2.45) is 5.41 Å². The monoisotopic (exact) mass is 339 g/mol. The maximum Gasteiger partial charge on any atom is 0.131 e. The third-order valence-corrected chi connectivity index (χ3v) is 4.50. The zero-order valence-corrected chi connectivity index (χ0v) is 15.4. The highest BCUT2D eigenvalue weighted by atomic mass is 16.5. The Morgan fingerprint density at radius 3 is 2.40 bits per heavy atom. The van der Waals surface area contributed by atoms with E-state index >= 15 is 0 Å². The summed E-state index contributed by atoms with van der Waals surface area (Å²) in [5, 5.41) is 27.9. The van der Waals surface area contributed by atoms with Gasteiger partial charge in [0.2, 0.25) is 0 Å². The van der Waals surface area contributed by atoms with E-state index in [2.05, 4.69) is 44.9 Å². The third kappa shape index (κ3) is 3.31. The second-order valence-corrected chi connectivity index (χ2v) is 8.51. The molecule has 5 nitrogen and oxygen atoms in total. The normalized spacial score (nSPS) is 12.7. The van der Waals surface area contributed by atoms with Crippen molar-refractivity contribution in [3.8, 4) is 16.9 Å². The van der Waals surface area contributed by atoms with Crippen molar-refractivity contribution in [2.45, 2.75) is 46.5 Å². The summed E-state index contributed by atoms with van der Waals surface area (Å²) in [6, 6.07) is 11.2. The van der Waals surface area contributed by atoms with Gasteiger partial charge >= 0.3 is 0 Å². The van der Waals surface area contributed by atoms with E-state index in [1.807, 2.05) is 24.3 Å². The minimum Gasteiger partial charge on any atom is -0.507 e. The Morgan fingerprint density at radius 2 is 1.72 bits per heavy atom. The van der Waals surface area contributed by atoms with Crippen molar-refractivity contribution < 1.29 is 10.3 Å². The summed E-state index contributed by atoms with van der Waals surface area (Å²) in [7, 11) is 0. The largest absolute Gasteiger partial charge is 0.507 e. The van der Waals surface area contributed by atoms with E-state index in [4.69, 9.17) is 0 Å². The van der Waals surface area contributed by atoms with Crippen LogP contribution in [0.2, 0.25) is 0 Å². The number of rotatable bonds is 3. The van der Waals surface area contributed by atoms with E-state index in [1.54, 1.807) is 12.1 Å². The number of phenolic OH excluding ortho intramolecular Hbond substituents is 1. The van der Waals surface area contributed by atoms with Crippen LogP contribution in [0.5, 0.6) is 5.75 Å². The fourth-order valence-electron chi connectivity index (χ4n) is 3.75. The zero-order chi connectivity index (χ0) is 18.4. The Labute approximate surface area is 147 Å². The molecule has 0 amide bonds. The van der Waals surface area contributed by atoms with Gasteiger partial charge in [0.25, 0.3) is 0 Å². The Kier molecular flexibility index (Phi) is 3.98. The first-order valence-corrected chi connectivity index (χ1v) is 8.46. The first-order chi connectivity index (χ1) is 11.6. The van der Waals surface area contributed by atoms with E-state index in [-0.39, 0.29) is 16.6 Å². The van der Waals surface area contributed by atoms with E-state index in [1.165, 1.54) is 0 Å². The van der Waals surface area contributed by atoms with Crippen LogP contribution in [0.1, 0.15) is 46.6 Å². The molecule has 0 spiro atoms. The number of benzene rings is 2. The lowest BCUT2D eigenvalue weighted by Gasteiger charge is -2.33. The summed E-state index contributed by atoms with van der Waals surface area (Å²) in [4.78, 5) is 0.753. The molecular weight excluding hydrogens is 314 g/mol. The molecule has 5 heteroatoms. The second-order valence-electron chi connectivity index (χ2n) is 8.51. The van der Waals surface area contributed by atoms with Crippen molar-refractivity contribution in [3.05, 3.63) is 42.0 Å². The molecule has 0 saturated carbocycles. The summed E-state index contributed by atoms with van der Waals surface area (Å²) < 4.78 is 0. The Morgan fingerprint density at radius 1 is 1.00 bits per heavy atom. The van der Waals surface area contributed by atoms with Crippen LogP contribution in [-0.4, -0.2) is 25.5 Å². The topological polar surface area (TPSA) is 71.2 Å². The van der Waals surface area contributed by atoms with Crippen LogP contribution in [0.25, 0.3) is 22.2 Å². The summed E-state index contributed by atoms with van der Waals surface area (Å²) in [6.45, 7) is 11.1. The van der Waals surface area contributed by atoms with Crippen LogP contribution < -0.4 is 0 Å². The molecule has 0 unspecified atom stereocenters. The minimum absolute atomic E-state index is 0.0385. The van der Waals surface area contributed by atoms with E-state index < -0.39 is 0 Å². The molecular formula is C20H25N3O2. The molecule has 0 aliphatic heterocycles. The number of aromatic hydroxyl groups is 1. The van der Waals surface area contributed by atoms with Gasteiger partial charge in [-0.05, 0) is 46.2 Å². The van der Waals surface area contributed by atoms with Crippen molar-refractivity contribution in [2.75, 3.05) is 0 Å². The van der Waals surface area contributed by atoms with Gasteiger partial charge in [-0.3, -0.25) is 0 Å². The number of fused-ring (bicyclic) bond motifs is 1. The van der Waals surface area contributed by atoms with Gasteiger partial charge < -0.3 is 10.3 Å². The Bertz CT molecular complexity index is 920. The van der Waals surface area contributed by atoms with Crippen molar-refractivity contribution >= 4 is 11.0 Å². The molecule has 2 N–H and O–H groups in total.